The Labute approximate surface area is 150 Å². The van der Waals surface area contributed by atoms with Gasteiger partial charge in [0.1, 0.15) is 5.75 Å². The van der Waals surface area contributed by atoms with E-state index in [4.69, 9.17) is 9.47 Å². The number of ether oxygens (including phenoxy) is 2. The van der Waals surface area contributed by atoms with Crippen LogP contribution in [0.1, 0.15) is 25.3 Å². The van der Waals surface area contributed by atoms with Gasteiger partial charge in [0, 0.05) is 19.1 Å². The van der Waals surface area contributed by atoms with Crippen LogP contribution in [-0.4, -0.2) is 45.4 Å². The van der Waals surface area contributed by atoms with Gasteiger partial charge in [-0.15, -0.1) is 12.4 Å². The molecule has 1 aromatic rings. The molecule has 1 amide bonds. The number of nitrogens with one attached hydrogen (secondary N) is 2. The molecule has 2 rings (SSSR count). The molecule has 1 saturated heterocycles. The summed E-state index contributed by atoms with van der Waals surface area (Å²) in [4.78, 5) is 12.3. The molecule has 1 unspecified atom stereocenters. The van der Waals surface area contributed by atoms with Crippen LogP contribution in [0.3, 0.4) is 0 Å². The first-order valence-electron chi connectivity index (χ1n) is 8.25. The molecular weight excluding hydrogens is 328 g/mol. The number of carbonyl (C=O) groups is 1. The standard InChI is InChI=1S/C18H28N2O3.ClH/c1-14-5-4-6-16(11-14)23-15(2)17(21)20-12-18(13-22-3)7-9-19-10-8-18;/h4-6,11,15,19H,7-10,12-13H2,1-3H3,(H,20,21);1H. The summed E-state index contributed by atoms with van der Waals surface area (Å²) >= 11 is 0. The number of methoxy groups -OCH3 is 1. The van der Waals surface area contributed by atoms with Crippen molar-refractivity contribution in [3.63, 3.8) is 0 Å². The van der Waals surface area contributed by atoms with Gasteiger partial charge >= 0.3 is 0 Å². The summed E-state index contributed by atoms with van der Waals surface area (Å²) in [6, 6.07) is 7.74. The number of carbonyl (C=O) groups excluding carboxylic acids is 1. The van der Waals surface area contributed by atoms with Crippen LogP contribution >= 0.6 is 12.4 Å². The summed E-state index contributed by atoms with van der Waals surface area (Å²) in [6.07, 6.45) is 1.50. The van der Waals surface area contributed by atoms with Crippen molar-refractivity contribution in [1.29, 1.82) is 0 Å². The van der Waals surface area contributed by atoms with Gasteiger partial charge in [0.15, 0.2) is 6.10 Å². The van der Waals surface area contributed by atoms with Crippen molar-refractivity contribution in [1.82, 2.24) is 10.6 Å². The Hall–Kier alpha value is -1.30. The van der Waals surface area contributed by atoms with Crippen LogP contribution in [-0.2, 0) is 9.53 Å². The van der Waals surface area contributed by atoms with Crippen LogP contribution in [0.15, 0.2) is 24.3 Å². The van der Waals surface area contributed by atoms with Crippen LogP contribution in [0, 0.1) is 12.3 Å². The molecule has 2 N–H and O–H groups in total. The maximum absolute atomic E-state index is 12.3. The van der Waals surface area contributed by atoms with Crippen LogP contribution in [0.25, 0.3) is 0 Å². The molecule has 5 nitrogen and oxygen atoms in total. The summed E-state index contributed by atoms with van der Waals surface area (Å²) in [6.45, 7) is 7.01. The van der Waals surface area contributed by atoms with E-state index in [2.05, 4.69) is 10.6 Å². The molecule has 1 heterocycles. The summed E-state index contributed by atoms with van der Waals surface area (Å²) < 4.78 is 11.1. The zero-order valence-electron chi connectivity index (χ0n) is 14.8. The lowest BCUT2D eigenvalue weighted by molar-refractivity contribution is -0.128. The van der Waals surface area contributed by atoms with Crippen LogP contribution in [0.5, 0.6) is 5.75 Å². The lowest BCUT2D eigenvalue weighted by Gasteiger charge is -2.37. The highest BCUT2D eigenvalue weighted by Crippen LogP contribution is 2.28. The number of piperidine rings is 1. The molecule has 1 fully saturated rings. The van der Waals surface area contributed by atoms with Crippen molar-refractivity contribution in [2.24, 2.45) is 5.41 Å². The molecule has 0 aromatic heterocycles. The maximum atomic E-state index is 12.3. The van der Waals surface area contributed by atoms with E-state index < -0.39 is 6.10 Å². The molecule has 1 aliphatic rings. The van der Waals surface area contributed by atoms with Gasteiger partial charge in [0.2, 0.25) is 0 Å². The zero-order valence-corrected chi connectivity index (χ0v) is 15.6. The maximum Gasteiger partial charge on any atom is 0.260 e. The summed E-state index contributed by atoms with van der Waals surface area (Å²) in [5.74, 6) is 0.640. The number of amides is 1. The first kappa shape index (κ1) is 20.7. The quantitative estimate of drug-likeness (QED) is 0.787. The Morgan fingerprint density at radius 2 is 2.08 bits per heavy atom. The average molecular weight is 357 g/mol. The SMILES string of the molecule is COCC1(CNC(=O)C(C)Oc2cccc(C)c2)CCNCC1.Cl. The van der Waals surface area contributed by atoms with Gasteiger partial charge in [-0.2, -0.15) is 0 Å². The molecule has 0 spiro atoms. The van der Waals surface area contributed by atoms with E-state index in [1.807, 2.05) is 31.2 Å². The number of aryl methyl sites for hydroxylation is 1. The lowest BCUT2D eigenvalue weighted by atomic mass is 9.79. The number of halogens is 1. The van der Waals surface area contributed by atoms with Gasteiger partial charge in [-0.3, -0.25) is 4.79 Å². The molecule has 0 aliphatic carbocycles. The predicted molar refractivity (Wildman–Crippen MR) is 97.9 cm³/mol. The molecule has 0 radical (unpaired) electrons. The largest absolute Gasteiger partial charge is 0.481 e. The number of benzene rings is 1. The van der Waals surface area contributed by atoms with Gasteiger partial charge in [0.25, 0.3) is 5.91 Å². The minimum atomic E-state index is -0.516. The fraction of sp³-hybridized carbons (Fsp3) is 0.611. The summed E-state index contributed by atoms with van der Waals surface area (Å²) in [5.41, 5.74) is 1.14. The van der Waals surface area contributed by atoms with Crippen LogP contribution < -0.4 is 15.4 Å². The predicted octanol–water partition coefficient (Wildman–Crippen LogP) is 2.32. The molecule has 0 bridgehead atoms. The highest BCUT2D eigenvalue weighted by Gasteiger charge is 2.33. The van der Waals surface area contributed by atoms with Crippen molar-refractivity contribution in [3.8, 4) is 5.75 Å². The second-order valence-corrected chi connectivity index (χ2v) is 6.48. The van der Waals surface area contributed by atoms with Crippen molar-refractivity contribution in [2.45, 2.75) is 32.8 Å². The molecule has 0 saturated carbocycles. The van der Waals surface area contributed by atoms with E-state index in [1.54, 1.807) is 14.0 Å². The van der Waals surface area contributed by atoms with Crippen molar-refractivity contribution >= 4 is 18.3 Å². The van der Waals surface area contributed by atoms with E-state index in [0.717, 1.165) is 37.2 Å². The molecule has 6 heteroatoms. The summed E-state index contributed by atoms with van der Waals surface area (Å²) in [7, 11) is 1.72. The van der Waals surface area contributed by atoms with E-state index in [0.29, 0.717) is 13.2 Å². The van der Waals surface area contributed by atoms with Crippen LogP contribution in [0.2, 0.25) is 0 Å². The van der Waals surface area contributed by atoms with Gasteiger partial charge in [-0.05, 0) is 57.5 Å². The number of hydrogen-bond donors (Lipinski definition) is 2. The Morgan fingerprint density at radius 3 is 2.71 bits per heavy atom. The molecule has 1 atom stereocenters. The molecule has 136 valence electrons. The van der Waals surface area contributed by atoms with Crippen molar-refractivity contribution in [3.05, 3.63) is 29.8 Å². The third-order valence-electron chi connectivity index (χ3n) is 4.42. The monoisotopic (exact) mass is 356 g/mol. The summed E-state index contributed by atoms with van der Waals surface area (Å²) in [5, 5.41) is 6.39. The molecule has 1 aromatic carbocycles. The fourth-order valence-electron chi connectivity index (χ4n) is 3.00. The third kappa shape index (κ3) is 5.96. The fourth-order valence-corrected chi connectivity index (χ4v) is 3.00. The average Bonchev–Trinajstić information content (AvgIpc) is 2.54. The normalized spacial score (nSPS) is 17.5. The Morgan fingerprint density at radius 1 is 1.38 bits per heavy atom. The van der Waals surface area contributed by atoms with Gasteiger partial charge in [0.05, 0.1) is 6.61 Å². The van der Waals surface area contributed by atoms with Crippen molar-refractivity contribution < 1.29 is 14.3 Å². The van der Waals surface area contributed by atoms with E-state index in [1.165, 1.54) is 0 Å². The zero-order chi connectivity index (χ0) is 16.7. The second kappa shape index (κ2) is 9.87. The Kier molecular flexibility index (Phi) is 8.53. The number of rotatable bonds is 7. The van der Waals surface area contributed by atoms with Gasteiger partial charge in [-0.25, -0.2) is 0 Å². The number of hydrogen-bond acceptors (Lipinski definition) is 4. The highest BCUT2D eigenvalue weighted by molar-refractivity contribution is 5.85. The van der Waals surface area contributed by atoms with Crippen molar-refractivity contribution in [2.75, 3.05) is 33.4 Å². The molecular formula is C18H29ClN2O3. The minimum absolute atomic E-state index is 0. The molecule has 1 aliphatic heterocycles. The van der Waals surface area contributed by atoms with Gasteiger partial charge in [-0.1, -0.05) is 12.1 Å². The molecule has 24 heavy (non-hydrogen) atoms. The van der Waals surface area contributed by atoms with E-state index >= 15 is 0 Å². The first-order valence-corrected chi connectivity index (χ1v) is 8.25. The second-order valence-electron chi connectivity index (χ2n) is 6.48. The minimum Gasteiger partial charge on any atom is -0.481 e. The highest BCUT2D eigenvalue weighted by atomic mass is 35.5. The topological polar surface area (TPSA) is 59.6 Å². The smallest absolute Gasteiger partial charge is 0.260 e. The van der Waals surface area contributed by atoms with Gasteiger partial charge < -0.3 is 20.1 Å². The Bertz CT molecular complexity index is 513. The van der Waals surface area contributed by atoms with E-state index in [-0.39, 0.29) is 23.7 Å². The lowest BCUT2D eigenvalue weighted by Crippen LogP contribution is -2.49. The van der Waals surface area contributed by atoms with E-state index in [9.17, 15) is 4.79 Å². The van der Waals surface area contributed by atoms with Crippen LogP contribution in [0.4, 0.5) is 0 Å². The third-order valence-corrected chi connectivity index (χ3v) is 4.42. The first-order chi connectivity index (χ1) is 11.0. The Balaban J connectivity index is 0.00000288.